The Bertz CT molecular complexity index is 609. The Morgan fingerprint density at radius 2 is 1.52 bits per heavy atom. The molecule has 4 saturated carbocycles. The molecule has 5 aliphatic rings. The van der Waals surface area contributed by atoms with E-state index in [9.17, 15) is 4.79 Å². The average Bonchev–Trinajstić information content (AvgIpc) is 3.08. The highest BCUT2D eigenvalue weighted by atomic mass is 16.1. The lowest BCUT2D eigenvalue weighted by molar-refractivity contribution is -0.124. The Labute approximate surface area is 151 Å². The molecular weight excluding hydrogens is 308 g/mol. The van der Waals surface area contributed by atoms with Crippen LogP contribution in [0.2, 0.25) is 0 Å². The first-order chi connectivity index (χ1) is 12.2. The Morgan fingerprint density at radius 1 is 0.960 bits per heavy atom. The molecule has 5 fully saturated rings. The zero-order chi connectivity index (χ0) is 16.9. The molecule has 4 aliphatic carbocycles. The van der Waals surface area contributed by atoms with E-state index < -0.39 is 0 Å². The third kappa shape index (κ3) is 3.07. The van der Waals surface area contributed by atoms with Crippen molar-refractivity contribution in [2.75, 3.05) is 23.3 Å². The van der Waals surface area contributed by atoms with E-state index in [-0.39, 0.29) is 5.91 Å². The zero-order valence-electron chi connectivity index (χ0n) is 15.2. The van der Waals surface area contributed by atoms with Gasteiger partial charge in [-0.1, -0.05) is 0 Å². The lowest BCUT2D eigenvalue weighted by Crippen LogP contribution is -2.47. The topological polar surface area (TPSA) is 32.3 Å². The zero-order valence-corrected chi connectivity index (χ0v) is 15.2. The predicted molar refractivity (Wildman–Crippen MR) is 102 cm³/mol. The van der Waals surface area contributed by atoms with Crippen LogP contribution in [0, 0.1) is 23.2 Å². The minimum atomic E-state index is 0.232. The van der Waals surface area contributed by atoms with Gasteiger partial charge in [-0.05, 0) is 98.8 Å². The van der Waals surface area contributed by atoms with Gasteiger partial charge in [-0.2, -0.15) is 0 Å². The molecule has 0 spiro atoms. The lowest BCUT2D eigenvalue weighted by Gasteiger charge is -2.56. The van der Waals surface area contributed by atoms with Crippen molar-refractivity contribution in [3.8, 4) is 0 Å². The van der Waals surface area contributed by atoms with Crippen molar-refractivity contribution in [3.63, 3.8) is 0 Å². The number of hydrogen-bond acceptors (Lipinski definition) is 2. The average molecular weight is 338 g/mol. The molecule has 3 nitrogen and oxygen atoms in total. The maximum atomic E-state index is 12.7. The third-order valence-electron chi connectivity index (χ3n) is 7.32. The van der Waals surface area contributed by atoms with Crippen LogP contribution in [0.25, 0.3) is 0 Å². The summed E-state index contributed by atoms with van der Waals surface area (Å²) >= 11 is 0. The first kappa shape index (κ1) is 15.7. The molecule has 1 saturated heterocycles. The van der Waals surface area contributed by atoms with Crippen LogP contribution in [0.15, 0.2) is 24.3 Å². The Balaban J connectivity index is 1.22. The minimum Gasteiger partial charge on any atom is -0.372 e. The Hall–Kier alpha value is -1.51. The summed E-state index contributed by atoms with van der Waals surface area (Å²) in [6.07, 6.45) is 11.6. The van der Waals surface area contributed by atoms with Crippen molar-refractivity contribution in [2.45, 2.75) is 57.8 Å². The molecule has 6 rings (SSSR count). The molecule has 0 unspecified atom stereocenters. The molecule has 25 heavy (non-hydrogen) atoms. The van der Waals surface area contributed by atoms with E-state index in [0.29, 0.717) is 5.41 Å². The molecule has 1 aromatic carbocycles. The fourth-order valence-corrected chi connectivity index (χ4v) is 6.78. The van der Waals surface area contributed by atoms with Crippen molar-refractivity contribution in [3.05, 3.63) is 24.3 Å². The van der Waals surface area contributed by atoms with Crippen LogP contribution in [-0.4, -0.2) is 19.0 Å². The van der Waals surface area contributed by atoms with Crippen LogP contribution in [0.1, 0.15) is 57.8 Å². The number of hydrogen-bond donors (Lipinski definition) is 1. The van der Waals surface area contributed by atoms with Gasteiger partial charge < -0.3 is 10.2 Å². The molecule has 1 heterocycles. The number of nitrogens with zero attached hydrogens (tertiary/aromatic N) is 1. The molecule has 1 N–H and O–H groups in total. The lowest BCUT2D eigenvalue weighted by atomic mass is 9.49. The van der Waals surface area contributed by atoms with Gasteiger partial charge in [0.2, 0.25) is 5.91 Å². The maximum absolute atomic E-state index is 12.7. The number of carbonyl (C=O) groups excluding carboxylic acids is 1. The predicted octanol–water partition coefficient (Wildman–Crippen LogP) is 4.83. The van der Waals surface area contributed by atoms with E-state index in [1.807, 2.05) is 0 Å². The van der Waals surface area contributed by atoms with Gasteiger partial charge in [0, 0.05) is 30.9 Å². The van der Waals surface area contributed by atoms with E-state index >= 15 is 0 Å². The number of rotatable bonds is 4. The second-order valence-electron chi connectivity index (χ2n) is 9.38. The molecule has 1 aliphatic heterocycles. The van der Waals surface area contributed by atoms with Gasteiger partial charge in [-0.3, -0.25) is 4.79 Å². The number of carbonyl (C=O) groups is 1. The van der Waals surface area contributed by atoms with E-state index in [2.05, 4.69) is 34.5 Å². The molecule has 3 heteroatoms. The van der Waals surface area contributed by atoms with E-state index in [0.717, 1.165) is 43.0 Å². The van der Waals surface area contributed by atoms with Gasteiger partial charge in [0.1, 0.15) is 0 Å². The van der Waals surface area contributed by atoms with Gasteiger partial charge in [-0.15, -0.1) is 0 Å². The summed E-state index contributed by atoms with van der Waals surface area (Å²) in [4.78, 5) is 15.1. The number of nitrogens with one attached hydrogen (secondary N) is 1. The van der Waals surface area contributed by atoms with Gasteiger partial charge in [-0.25, -0.2) is 0 Å². The summed E-state index contributed by atoms with van der Waals surface area (Å²) in [5.74, 6) is 2.98. The van der Waals surface area contributed by atoms with Gasteiger partial charge in [0.25, 0.3) is 0 Å². The molecule has 4 bridgehead atoms. The summed E-state index contributed by atoms with van der Waals surface area (Å²) in [6, 6.07) is 8.47. The van der Waals surface area contributed by atoms with Crippen molar-refractivity contribution >= 4 is 17.3 Å². The number of anilines is 2. The van der Waals surface area contributed by atoms with Crippen molar-refractivity contribution in [1.82, 2.24) is 0 Å². The SMILES string of the molecule is O=C(CC12CC3CC(CC(C3)C1)C2)Nc1ccc(N2CCCC2)cc1. The van der Waals surface area contributed by atoms with Crippen LogP contribution in [0.4, 0.5) is 11.4 Å². The summed E-state index contributed by atoms with van der Waals surface area (Å²) in [5, 5.41) is 3.18. The first-order valence-electron chi connectivity index (χ1n) is 10.3. The van der Waals surface area contributed by atoms with Crippen LogP contribution in [0.3, 0.4) is 0 Å². The quantitative estimate of drug-likeness (QED) is 0.852. The molecule has 134 valence electrons. The second kappa shape index (κ2) is 6.03. The number of benzene rings is 1. The molecule has 1 aromatic rings. The van der Waals surface area contributed by atoms with Crippen molar-refractivity contribution < 1.29 is 4.79 Å². The first-order valence-corrected chi connectivity index (χ1v) is 10.3. The van der Waals surface area contributed by atoms with Crippen LogP contribution < -0.4 is 10.2 Å². The fourth-order valence-electron chi connectivity index (χ4n) is 6.78. The standard InChI is InChI=1S/C22H30N2O/c25-21(15-22-12-16-9-17(13-22)11-18(10-16)14-22)23-19-3-5-20(6-4-19)24-7-1-2-8-24/h3-6,16-18H,1-2,7-15H2,(H,23,25). The van der Waals surface area contributed by atoms with Crippen LogP contribution >= 0.6 is 0 Å². The third-order valence-corrected chi connectivity index (χ3v) is 7.32. The number of amides is 1. The van der Waals surface area contributed by atoms with Gasteiger partial charge in [0.05, 0.1) is 0 Å². The summed E-state index contributed by atoms with van der Waals surface area (Å²) < 4.78 is 0. The van der Waals surface area contributed by atoms with Crippen molar-refractivity contribution in [1.29, 1.82) is 0 Å². The van der Waals surface area contributed by atoms with Crippen LogP contribution in [-0.2, 0) is 4.79 Å². The highest BCUT2D eigenvalue weighted by molar-refractivity contribution is 5.91. The molecular formula is C22H30N2O. The monoisotopic (exact) mass is 338 g/mol. The van der Waals surface area contributed by atoms with Gasteiger partial charge >= 0.3 is 0 Å². The molecule has 0 atom stereocenters. The van der Waals surface area contributed by atoms with Crippen LogP contribution in [0.5, 0.6) is 0 Å². The largest absolute Gasteiger partial charge is 0.372 e. The molecule has 1 amide bonds. The Morgan fingerprint density at radius 3 is 2.08 bits per heavy atom. The molecule has 0 aromatic heterocycles. The highest BCUT2D eigenvalue weighted by Crippen LogP contribution is 2.61. The summed E-state index contributed by atoms with van der Waals surface area (Å²) in [5.41, 5.74) is 2.57. The second-order valence-corrected chi connectivity index (χ2v) is 9.38. The normalized spacial score (nSPS) is 36.0. The van der Waals surface area contributed by atoms with E-state index in [1.165, 1.54) is 57.1 Å². The Kier molecular flexibility index (Phi) is 3.79. The van der Waals surface area contributed by atoms with E-state index in [4.69, 9.17) is 0 Å². The van der Waals surface area contributed by atoms with Gasteiger partial charge in [0.15, 0.2) is 0 Å². The minimum absolute atomic E-state index is 0.232. The molecule has 0 radical (unpaired) electrons. The summed E-state index contributed by atoms with van der Waals surface area (Å²) in [7, 11) is 0. The van der Waals surface area contributed by atoms with E-state index in [1.54, 1.807) is 0 Å². The fraction of sp³-hybridized carbons (Fsp3) is 0.682. The van der Waals surface area contributed by atoms with Crippen molar-refractivity contribution in [2.24, 2.45) is 23.2 Å². The highest BCUT2D eigenvalue weighted by Gasteiger charge is 2.51. The summed E-state index contributed by atoms with van der Waals surface area (Å²) in [6.45, 7) is 2.33. The smallest absolute Gasteiger partial charge is 0.224 e. The maximum Gasteiger partial charge on any atom is 0.224 e.